The summed E-state index contributed by atoms with van der Waals surface area (Å²) in [5.74, 6) is 0. The fourth-order valence-electron chi connectivity index (χ4n) is 0.952. The highest BCUT2D eigenvalue weighted by atomic mass is 32.2. The molecular formula is C7H11N3O3S. The average Bonchev–Trinajstić information content (AvgIpc) is 2.02. The van der Waals surface area contributed by atoms with E-state index in [1.807, 2.05) is 0 Å². The number of nitrogens with two attached hydrogens (primary N) is 1. The van der Waals surface area contributed by atoms with Crippen molar-refractivity contribution in [1.82, 2.24) is 9.55 Å². The van der Waals surface area contributed by atoms with E-state index in [1.165, 1.54) is 4.57 Å². The van der Waals surface area contributed by atoms with Crippen LogP contribution in [-0.4, -0.2) is 18.0 Å². The summed E-state index contributed by atoms with van der Waals surface area (Å²) in [5.41, 5.74) is -0.354. The molecule has 78 valence electrons. The number of rotatable bonds is 2. The van der Waals surface area contributed by atoms with Gasteiger partial charge in [-0.3, -0.25) is 4.79 Å². The number of hydrogen-bond acceptors (Lipinski definition) is 4. The minimum Gasteiger partial charge on any atom is -0.309 e. The number of hydrogen-bond donors (Lipinski definition) is 1. The Morgan fingerprint density at radius 2 is 2.07 bits per heavy atom. The first kappa shape index (κ1) is 10.9. The van der Waals surface area contributed by atoms with Crippen LogP contribution in [0.2, 0.25) is 0 Å². The van der Waals surface area contributed by atoms with Crippen molar-refractivity contribution in [2.75, 3.05) is 0 Å². The van der Waals surface area contributed by atoms with Crippen LogP contribution >= 0.6 is 0 Å². The molecular weight excluding hydrogens is 206 g/mol. The molecule has 1 rings (SSSR count). The summed E-state index contributed by atoms with van der Waals surface area (Å²) in [6.45, 7) is 3.52. The molecule has 1 aromatic heterocycles. The van der Waals surface area contributed by atoms with Crippen LogP contribution in [0.3, 0.4) is 0 Å². The van der Waals surface area contributed by atoms with Crippen LogP contribution < -0.4 is 10.7 Å². The Balaban J connectivity index is 3.42. The monoisotopic (exact) mass is 217 g/mol. The van der Waals surface area contributed by atoms with Crippen molar-refractivity contribution in [2.45, 2.75) is 24.9 Å². The van der Waals surface area contributed by atoms with Crippen LogP contribution in [-0.2, 0) is 10.0 Å². The van der Waals surface area contributed by atoms with Gasteiger partial charge in [0.15, 0.2) is 5.03 Å². The maximum Gasteiger partial charge on any atom is 0.269 e. The minimum atomic E-state index is -3.85. The smallest absolute Gasteiger partial charge is 0.269 e. The van der Waals surface area contributed by atoms with Crippen molar-refractivity contribution in [3.63, 3.8) is 0 Å². The first-order valence-electron chi connectivity index (χ1n) is 3.93. The van der Waals surface area contributed by atoms with Gasteiger partial charge < -0.3 is 4.57 Å². The first-order chi connectivity index (χ1) is 6.32. The highest BCUT2D eigenvalue weighted by Gasteiger charge is 2.12. The van der Waals surface area contributed by atoms with Crippen molar-refractivity contribution < 1.29 is 8.42 Å². The highest BCUT2D eigenvalue weighted by molar-refractivity contribution is 7.89. The first-order valence-corrected chi connectivity index (χ1v) is 5.48. The molecule has 0 atom stereocenters. The quantitative estimate of drug-likeness (QED) is 0.720. The van der Waals surface area contributed by atoms with Gasteiger partial charge in [0.25, 0.3) is 15.6 Å². The van der Waals surface area contributed by atoms with Crippen molar-refractivity contribution in [3.8, 4) is 0 Å². The molecule has 0 aliphatic carbocycles. The van der Waals surface area contributed by atoms with Gasteiger partial charge in [0.05, 0.1) is 6.20 Å². The van der Waals surface area contributed by atoms with Gasteiger partial charge in [0, 0.05) is 12.2 Å². The third kappa shape index (κ3) is 2.18. The molecule has 6 nitrogen and oxygen atoms in total. The molecule has 0 amide bonds. The van der Waals surface area contributed by atoms with Crippen LogP contribution in [0.15, 0.2) is 22.2 Å². The van der Waals surface area contributed by atoms with Crippen molar-refractivity contribution >= 4 is 10.0 Å². The van der Waals surface area contributed by atoms with E-state index in [2.05, 4.69) is 4.98 Å². The Morgan fingerprint density at radius 3 is 2.50 bits per heavy atom. The number of nitrogens with zero attached hydrogens (tertiary/aromatic N) is 2. The Labute approximate surface area is 81.4 Å². The summed E-state index contributed by atoms with van der Waals surface area (Å²) in [6, 6.07) is -0.133. The molecule has 7 heteroatoms. The third-order valence-electron chi connectivity index (χ3n) is 1.65. The lowest BCUT2D eigenvalue weighted by Crippen LogP contribution is -2.25. The summed E-state index contributed by atoms with van der Waals surface area (Å²) in [6.07, 6.45) is 2.09. The van der Waals surface area contributed by atoms with E-state index in [1.54, 1.807) is 13.8 Å². The molecule has 0 aliphatic rings. The van der Waals surface area contributed by atoms with Gasteiger partial charge in [-0.1, -0.05) is 0 Å². The SMILES string of the molecule is CC(C)n1cc(S(N)(=O)=O)ncc1=O. The summed E-state index contributed by atoms with van der Waals surface area (Å²) in [7, 11) is -3.85. The lowest BCUT2D eigenvalue weighted by molar-refractivity contribution is 0.554. The highest BCUT2D eigenvalue weighted by Crippen LogP contribution is 2.03. The molecule has 0 saturated heterocycles. The summed E-state index contributed by atoms with van der Waals surface area (Å²) in [4.78, 5) is 14.7. The lowest BCUT2D eigenvalue weighted by Gasteiger charge is -2.09. The van der Waals surface area contributed by atoms with Crippen LogP contribution in [0.1, 0.15) is 19.9 Å². The lowest BCUT2D eigenvalue weighted by atomic mass is 10.4. The normalized spacial score (nSPS) is 12.0. The Kier molecular flexibility index (Phi) is 2.72. The van der Waals surface area contributed by atoms with Gasteiger partial charge in [-0.2, -0.15) is 0 Å². The maximum atomic E-state index is 11.2. The summed E-state index contributed by atoms with van der Waals surface area (Å²) in [5, 5.41) is 4.57. The predicted octanol–water partition coefficient (Wildman–Crippen LogP) is -0.528. The molecule has 1 heterocycles. The molecule has 0 aromatic carbocycles. The molecule has 0 bridgehead atoms. The maximum absolute atomic E-state index is 11.2. The molecule has 0 fully saturated rings. The number of primary sulfonamides is 1. The zero-order chi connectivity index (χ0) is 10.9. The molecule has 2 N–H and O–H groups in total. The van der Waals surface area contributed by atoms with E-state index in [0.717, 1.165) is 12.4 Å². The number of aromatic nitrogens is 2. The molecule has 1 aromatic rings. The van der Waals surface area contributed by atoms with Gasteiger partial charge in [0.1, 0.15) is 0 Å². The van der Waals surface area contributed by atoms with Gasteiger partial charge >= 0.3 is 0 Å². The van der Waals surface area contributed by atoms with Crippen molar-refractivity contribution in [2.24, 2.45) is 5.14 Å². The Bertz CT molecular complexity index is 489. The van der Waals surface area contributed by atoms with E-state index in [0.29, 0.717) is 0 Å². The Morgan fingerprint density at radius 1 is 1.50 bits per heavy atom. The van der Waals surface area contributed by atoms with E-state index in [4.69, 9.17) is 5.14 Å². The Hall–Kier alpha value is -1.21. The van der Waals surface area contributed by atoms with Gasteiger partial charge in [0.2, 0.25) is 0 Å². The molecule has 0 saturated carbocycles. The zero-order valence-electron chi connectivity index (χ0n) is 7.84. The van der Waals surface area contributed by atoms with Gasteiger partial charge in [-0.05, 0) is 13.8 Å². The minimum absolute atomic E-state index is 0.133. The second kappa shape index (κ2) is 3.50. The molecule has 0 aliphatic heterocycles. The van der Waals surface area contributed by atoms with Gasteiger partial charge in [-0.15, -0.1) is 0 Å². The second-order valence-electron chi connectivity index (χ2n) is 3.11. The molecule has 0 radical (unpaired) electrons. The van der Waals surface area contributed by atoms with Crippen LogP contribution in [0.4, 0.5) is 0 Å². The van der Waals surface area contributed by atoms with Gasteiger partial charge in [-0.25, -0.2) is 18.5 Å². The summed E-state index contributed by atoms with van der Waals surface area (Å²) >= 11 is 0. The standard InChI is InChI=1S/C7H11N3O3S/c1-5(2)10-4-6(14(8,12)13)9-3-7(10)11/h3-5H,1-2H3,(H2,8,12,13). The van der Waals surface area contributed by atoms with Crippen LogP contribution in [0, 0.1) is 0 Å². The fraction of sp³-hybridized carbons (Fsp3) is 0.429. The van der Waals surface area contributed by atoms with E-state index >= 15 is 0 Å². The molecule has 0 spiro atoms. The van der Waals surface area contributed by atoms with Crippen LogP contribution in [0.5, 0.6) is 0 Å². The predicted molar refractivity (Wildman–Crippen MR) is 50.3 cm³/mol. The third-order valence-corrected chi connectivity index (χ3v) is 2.45. The summed E-state index contributed by atoms with van der Waals surface area (Å²) < 4.78 is 23.1. The number of sulfonamides is 1. The fourth-order valence-corrected chi connectivity index (χ4v) is 1.41. The van der Waals surface area contributed by atoms with E-state index < -0.39 is 10.0 Å². The average molecular weight is 217 g/mol. The zero-order valence-corrected chi connectivity index (χ0v) is 8.65. The van der Waals surface area contributed by atoms with Crippen molar-refractivity contribution in [3.05, 3.63) is 22.7 Å². The van der Waals surface area contributed by atoms with Crippen LogP contribution in [0.25, 0.3) is 0 Å². The van der Waals surface area contributed by atoms with Crippen molar-refractivity contribution in [1.29, 1.82) is 0 Å². The largest absolute Gasteiger partial charge is 0.309 e. The topological polar surface area (TPSA) is 95.1 Å². The molecule has 0 unspecified atom stereocenters. The van der Waals surface area contributed by atoms with E-state index in [9.17, 15) is 13.2 Å². The second-order valence-corrected chi connectivity index (χ2v) is 4.62. The molecule has 14 heavy (non-hydrogen) atoms. The van der Waals surface area contributed by atoms with E-state index in [-0.39, 0.29) is 16.6 Å².